The Balaban J connectivity index is 1.91. The number of benzene rings is 1. The highest BCUT2D eigenvalue weighted by Crippen LogP contribution is 2.26. The molecule has 1 fully saturated rings. The van der Waals surface area contributed by atoms with Gasteiger partial charge in [0.15, 0.2) is 0 Å². The number of rotatable bonds is 4. The number of nitrogens with two attached hydrogens (primary N) is 1. The second-order valence-corrected chi connectivity index (χ2v) is 4.59. The molecule has 2 heteroatoms. The van der Waals surface area contributed by atoms with Crippen molar-refractivity contribution in [3.05, 3.63) is 48.0 Å². The van der Waals surface area contributed by atoms with Crippen molar-refractivity contribution < 1.29 is 0 Å². The van der Waals surface area contributed by atoms with Crippen LogP contribution in [0.5, 0.6) is 0 Å². The highest BCUT2D eigenvalue weighted by Gasteiger charge is 2.23. The molecule has 0 saturated carbocycles. The van der Waals surface area contributed by atoms with Crippen LogP contribution in [-0.4, -0.2) is 31.1 Å². The monoisotopic (exact) mass is 216 g/mol. The molecule has 16 heavy (non-hydrogen) atoms. The maximum absolute atomic E-state index is 5.57. The van der Waals surface area contributed by atoms with Crippen LogP contribution in [-0.2, 0) is 0 Å². The summed E-state index contributed by atoms with van der Waals surface area (Å²) in [6.45, 7) is 7.84. The first-order valence-corrected chi connectivity index (χ1v) is 5.93. The van der Waals surface area contributed by atoms with Crippen molar-refractivity contribution in [3.63, 3.8) is 0 Å². The fraction of sp³-hybridized carbons (Fsp3) is 0.429. The third kappa shape index (κ3) is 2.71. The standard InChI is InChI=1S/C14H20N2/c1-12(9-15)10-16-8-7-14(11-16)13-5-3-2-4-6-13/h2-6,14H,1,7-11,15H2. The Morgan fingerprint density at radius 1 is 1.38 bits per heavy atom. The second-order valence-electron chi connectivity index (χ2n) is 4.59. The molecule has 2 nitrogen and oxygen atoms in total. The summed E-state index contributed by atoms with van der Waals surface area (Å²) in [5.41, 5.74) is 8.16. The van der Waals surface area contributed by atoms with Gasteiger partial charge in [0, 0.05) is 19.6 Å². The summed E-state index contributed by atoms with van der Waals surface area (Å²) in [6.07, 6.45) is 1.25. The Bertz CT molecular complexity index is 345. The molecule has 2 N–H and O–H groups in total. The number of hydrogen-bond donors (Lipinski definition) is 1. The minimum absolute atomic E-state index is 0.604. The van der Waals surface area contributed by atoms with Crippen molar-refractivity contribution in [3.8, 4) is 0 Å². The summed E-state index contributed by atoms with van der Waals surface area (Å²) in [5.74, 6) is 0.687. The van der Waals surface area contributed by atoms with Crippen molar-refractivity contribution >= 4 is 0 Å². The van der Waals surface area contributed by atoms with E-state index in [9.17, 15) is 0 Å². The van der Waals surface area contributed by atoms with Crippen molar-refractivity contribution in [2.45, 2.75) is 12.3 Å². The van der Waals surface area contributed by atoms with Crippen molar-refractivity contribution in [1.29, 1.82) is 0 Å². The van der Waals surface area contributed by atoms with Crippen LogP contribution in [0.1, 0.15) is 17.9 Å². The molecule has 0 aliphatic carbocycles. The predicted octanol–water partition coefficient (Wildman–Crippen LogP) is 1.99. The van der Waals surface area contributed by atoms with Crippen LogP contribution in [0.2, 0.25) is 0 Å². The fourth-order valence-electron chi connectivity index (χ4n) is 2.35. The van der Waals surface area contributed by atoms with E-state index in [2.05, 4.69) is 41.8 Å². The van der Waals surface area contributed by atoms with E-state index in [0.717, 1.165) is 18.7 Å². The van der Waals surface area contributed by atoms with Crippen LogP contribution in [0, 0.1) is 0 Å². The molecule has 1 heterocycles. The van der Waals surface area contributed by atoms with Crippen LogP contribution in [0.25, 0.3) is 0 Å². The largest absolute Gasteiger partial charge is 0.327 e. The molecule has 1 atom stereocenters. The van der Waals surface area contributed by atoms with E-state index in [1.165, 1.54) is 18.5 Å². The van der Waals surface area contributed by atoms with E-state index in [1.54, 1.807) is 0 Å². The molecule has 1 aromatic rings. The van der Waals surface area contributed by atoms with Crippen molar-refractivity contribution in [2.24, 2.45) is 5.73 Å². The maximum atomic E-state index is 5.57. The van der Waals surface area contributed by atoms with Gasteiger partial charge in [-0.1, -0.05) is 36.9 Å². The molecule has 0 spiro atoms. The van der Waals surface area contributed by atoms with Gasteiger partial charge in [-0.05, 0) is 30.0 Å². The second kappa shape index (κ2) is 5.28. The Kier molecular flexibility index (Phi) is 3.75. The third-order valence-electron chi connectivity index (χ3n) is 3.28. The van der Waals surface area contributed by atoms with Gasteiger partial charge < -0.3 is 5.73 Å². The van der Waals surface area contributed by atoms with Gasteiger partial charge in [0.25, 0.3) is 0 Å². The number of hydrogen-bond acceptors (Lipinski definition) is 2. The molecule has 2 rings (SSSR count). The summed E-state index contributed by atoms with van der Waals surface area (Å²) >= 11 is 0. The lowest BCUT2D eigenvalue weighted by molar-refractivity contribution is 0.362. The van der Waals surface area contributed by atoms with E-state index < -0.39 is 0 Å². The van der Waals surface area contributed by atoms with Crippen LogP contribution in [0.15, 0.2) is 42.5 Å². The Morgan fingerprint density at radius 3 is 2.81 bits per heavy atom. The van der Waals surface area contributed by atoms with Gasteiger partial charge in [0.05, 0.1) is 0 Å². The van der Waals surface area contributed by atoms with Crippen molar-refractivity contribution in [2.75, 3.05) is 26.2 Å². The van der Waals surface area contributed by atoms with Gasteiger partial charge in [-0.3, -0.25) is 4.90 Å². The van der Waals surface area contributed by atoms with Gasteiger partial charge in [-0.2, -0.15) is 0 Å². The Morgan fingerprint density at radius 2 is 2.12 bits per heavy atom. The zero-order valence-corrected chi connectivity index (χ0v) is 9.73. The first-order chi connectivity index (χ1) is 7.79. The van der Waals surface area contributed by atoms with E-state index in [1.807, 2.05) is 0 Å². The molecular weight excluding hydrogens is 196 g/mol. The van der Waals surface area contributed by atoms with Crippen LogP contribution in [0.4, 0.5) is 0 Å². The zero-order chi connectivity index (χ0) is 11.4. The molecule has 0 bridgehead atoms. The SMILES string of the molecule is C=C(CN)CN1CCC(c2ccccc2)C1. The highest BCUT2D eigenvalue weighted by molar-refractivity contribution is 5.21. The van der Waals surface area contributed by atoms with Gasteiger partial charge in [-0.15, -0.1) is 0 Å². The fourth-order valence-corrected chi connectivity index (χ4v) is 2.35. The normalized spacial score (nSPS) is 21.2. The average Bonchev–Trinajstić information content (AvgIpc) is 2.78. The molecular formula is C14H20N2. The predicted molar refractivity (Wildman–Crippen MR) is 68.4 cm³/mol. The summed E-state index contributed by atoms with van der Waals surface area (Å²) < 4.78 is 0. The first kappa shape index (κ1) is 11.4. The number of nitrogens with zero attached hydrogens (tertiary/aromatic N) is 1. The number of likely N-dealkylation sites (tertiary alicyclic amines) is 1. The Hall–Kier alpha value is -1.12. The topological polar surface area (TPSA) is 29.3 Å². The van der Waals surface area contributed by atoms with Crippen LogP contribution in [0.3, 0.4) is 0 Å². The summed E-state index contributed by atoms with van der Waals surface area (Å²) in [5, 5.41) is 0. The molecule has 1 unspecified atom stereocenters. The third-order valence-corrected chi connectivity index (χ3v) is 3.28. The Labute approximate surface area is 97.8 Å². The summed E-state index contributed by atoms with van der Waals surface area (Å²) in [7, 11) is 0. The molecule has 1 saturated heterocycles. The van der Waals surface area contributed by atoms with Crippen LogP contribution >= 0.6 is 0 Å². The van der Waals surface area contributed by atoms with Crippen LogP contribution < -0.4 is 5.73 Å². The molecule has 0 radical (unpaired) electrons. The molecule has 1 aliphatic rings. The molecule has 86 valence electrons. The lowest BCUT2D eigenvalue weighted by atomic mass is 9.99. The van der Waals surface area contributed by atoms with Gasteiger partial charge >= 0.3 is 0 Å². The van der Waals surface area contributed by atoms with Crippen molar-refractivity contribution in [1.82, 2.24) is 4.90 Å². The molecule has 1 aliphatic heterocycles. The van der Waals surface area contributed by atoms with Gasteiger partial charge in [-0.25, -0.2) is 0 Å². The summed E-state index contributed by atoms with van der Waals surface area (Å²) in [4.78, 5) is 2.45. The molecule has 0 amide bonds. The maximum Gasteiger partial charge on any atom is 0.0203 e. The quantitative estimate of drug-likeness (QED) is 0.780. The lowest BCUT2D eigenvalue weighted by Gasteiger charge is -2.16. The lowest BCUT2D eigenvalue weighted by Crippen LogP contribution is -2.25. The van der Waals surface area contributed by atoms with E-state index >= 15 is 0 Å². The van der Waals surface area contributed by atoms with Gasteiger partial charge in [0.1, 0.15) is 0 Å². The highest BCUT2D eigenvalue weighted by atomic mass is 15.1. The average molecular weight is 216 g/mol. The molecule has 1 aromatic carbocycles. The summed E-state index contributed by atoms with van der Waals surface area (Å²) in [6, 6.07) is 10.8. The van der Waals surface area contributed by atoms with E-state index in [-0.39, 0.29) is 0 Å². The minimum Gasteiger partial charge on any atom is -0.327 e. The smallest absolute Gasteiger partial charge is 0.0203 e. The zero-order valence-electron chi connectivity index (χ0n) is 9.73. The first-order valence-electron chi connectivity index (χ1n) is 5.93. The van der Waals surface area contributed by atoms with E-state index in [0.29, 0.717) is 12.5 Å². The van der Waals surface area contributed by atoms with E-state index in [4.69, 9.17) is 5.73 Å². The van der Waals surface area contributed by atoms with Gasteiger partial charge in [0.2, 0.25) is 0 Å². The molecule has 0 aromatic heterocycles. The minimum atomic E-state index is 0.604.